The van der Waals surface area contributed by atoms with Crippen molar-refractivity contribution >= 4 is 5.97 Å². The van der Waals surface area contributed by atoms with Gasteiger partial charge in [0.05, 0.1) is 0 Å². The van der Waals surface area contributed by atoms with E-state index in [1.165, 1.54) is 0 Å². The molecule has 0 spiro atoms. The Balaban J connectivity index is 2.58. The van der Waals surface area contributed by atoms with Gasteiger partial charge in [0.2, 0.25) is 0 Å². The fraction of sp³-hybridized carbons (Fsp3) is 0.889. The van der Waals surface area contributed by atoms with E-state index in [-0.39, 0.29) is 6.04 Å². The first-order valence-electron chi connectivity index (χ1n) is 4.62. The number of carboxylic acid groups (broad SMARTS) is 1. The van der Waals surface area contributed by atoms with Crippen LogP contribution in [0, 0.1) is 5.92 Å². The summed E-state index contributed by atoms with van der Waals surface area (Å²) < 4.78 is 0. The van der Waals surface area contributed by atoms with E-state index in [1.807, 2.05) is 11.8 Å². The molecule has 2 atom stereocenters. The van der Waals surface area contributed by atoms with Gasteiger partial charge in [-0.2, -0.15) is 0 Å². The molecule has 1 fully saturated rings. The molecule has 0 amide bonds. The van der Waals surface area contributed by atoms with Crippen molar-refractivity contribution in [1.29, 1.82) is 0 Å². The van der Waals surface area contributed by atoms with Crippen LogP contribution in [-0.2, 0) is 4.79 Å². The highest BCUT2D eigenvalue weighted by Crippen LogP contribution is 2.21. The highest BCUT2D eigenvalue weighted by molar-refractivity contribution is 5.73. The van der Waals surface area contributed by atoms with Crippen LogP contribution in [0.3, 0.4) is 0 Å². The number of carboxylic acids is 1. The van der Waals surface area contributed by atoms with Crippen LogP contribution in [0.5, 0.6) is 0 Å². The van der Waals surface area contributed by atoms with Gasteiger partial charge in [-0.25, -0.2) is 0 Å². The van der Waals surface area contributed by atoms with Crippen LogP contribution in [0.15, 0.2) is 0 Å². The van der Waals surface area contributed by atoms with Gasteiger partial charge in [-0.3, -0.25) is 9.69 Å². The number of hydrogen-bond donors (Lipinski definition) is 1. The number of nitrogens with zero attached hydrogens (tertiary/aromatic N) is 1. The SMILES string of the molecule is CCN1CCC(C)CC1C(=O)O. The van der Waals surface area contributed by atoms with Gasteiger partial charge in [0, 0.05) is 0 Å². The third kappa shape index (κ3) is 1.97. The summed E-state index contributed by atoms with van der Waals surface area (Å²) in [5.74, 6) is -0.0997. The molecule has 1 rings (SSSR count). The Morgan fingerprint density at radius 3 is 2.83 bits per heavy atom. The largest absolute Gasteiger partial charge is 0.480 e. The van der Waals surface area contributed by atoms with Gasteiger partial charge in [0.15, 0.2) is 0 Å². The molecule has 1 aliphatic rings. The van der Waals surface area contributed by atoms with Crippen LogP contribution in [0.4, 0.5) is 0 Å². The second kappa shape index (κ2) is 3.90. The van der Waals surface area contributed by atoms with E-state index in [4.69, 9.17) is 5.11 Å². The lowest BCUT2D eigenvalue weighted by Gasteiger charge is -2.34. The normalized spacial score (nSPS) is 31.8. The Hall–Kier alpha value is -0.570. The Morgan fingerprint density at radius 1 is 1.67 bits per heavy atom. The molecule has 0 bridgehead atoms. The maximum Gasteiger partial charge on any atom is 0.320 e. The number of aliphatic carboxylic acids is 1. The molecule has 3 heteroatoms. The number of rotatable bonds is 2. The van der Waals surface area contributed by atoms with Crippen LogP contribution >= 0.6 is 0 Å². The monoisotopic (exact) mass is 171 g/mol. The van der Waals surface area contributed by atoms with E-state index in [0.717, 1.165) is 25.9 Å². The molecule has 0 aromatic rings. The van der Waals surface area contributed by atoms with Crippen molar-refractivity contribution in [2.24, 2.45) is 5.92 Å². The lowest BCUT2D eigenvalue weighted by molar-refractivity contribution is -0.145. The van der Waals surface area contributed by atoms with Crippen molar-refractivity contribution in [3.8, 4) is 0 Å². The first kappa shape index (κ1) is 9.52. The summed E-state index contributed by atoms with van der Waals surface area (Å²) in [5, 5.41) is 8.92. The Bertz CT molecular complexity index is 170. The smallest absolute Gasteiger partial charge is 0.320 e. The van der Waals surface area contributed by atoms with Crippen LogP contribution in [-0.4, -0.2) is 35.1 Å². The summed E-state index contributed by atoms with van der Waals surface area (Å²) in [6.45, 7) is 5.94. The summed E-state index contributed by atoms with van der Waals surface area (Å²) in [6, 6.07) is -0.237. The molecule has 0 aromatic carbocycles. The molecule has 0 radical (unpaired) electrons. The zero-order valence-electron chi connectivity index (χ0n) is 7.79. The van der Waals surface area contributed by atoms with Crippen LogP contribution in [0.1, 0.15) is 26.7 Å². The Labute approximate surface area is 73.4 Å². The lowest BCUT2D eigenvalue weighted by atomic mass is 9.92. The highest BCUT2D eigenvalue weighted by Gasteiger charge is 2.30. The zero-order valence-corrected chi connectivity index (χ0v) is 7.79. The van der Waals surface area contributed by atoms with Crippen molar-refractivity contribution in [3.05, 3.63) is 0 Å². The van der Waals surface area contributed by atoms with Crippen molar-refractivity contribution < 1.29 is 9.90 Å². The average molecular weight is 171 g/mol. The Kier molecular flexibility index (Phi) is 3.09. The summed E-state index contributed by atoms with van der Waals surface area (Å²) in [6.07, 6.45) is 1.95. The van der Waals surface area contributed by atoms with Gasteiger partial charge >= 0.3 is 5.97 Å². The van der Waals surface area contributed by atoms with Crippen molar-refractivity contribution in [2.45, 2.75) is 32.7 Å². The van der Waals surface area contributed by atoms with E-state index >= 15 is 0 Å². The molecule has 0 aromatic heterocycles. The van der Waals surface area contributed by atoms with E-state index in [1.54, 1.807) is 0 Å². The fourth-order valence-corrected chi connectivity index (χ4v) is 1.83. The maximum absolute atomic E-state index is 10.8. The Morgan fingerprint density at radius 2 is 2.33 bits per heavy atom. The van der Waals surface area contributed by atoms with Crippen molar-refractivity contribution in [1.82, 2.24) is 4.90 Å². The van der Waals surface area contributed by atoms with Gasteiger partial charge in [0.1, 0.15) is 6.04 Å². The first-order chi connectivity index (χ1) is 5.65. The quantitative estimate of drug-likeness (QED) is 0.678. The molecule has 0 aliphatic carbocycles. The molecule has 2 unspecified atom stereocenters. The number of likely N-dealkylation sites (N-methyl/N-ethyl adjacent to an activating group) is 1. The van der Waals surface area contributed by atoms with Crippen molar-refractivity contribution in [3.63, 3.8) is 0 Å². The topological polar surface area (TPSA) is 40.5 Å². The molecule has 3 nitrogen and oxygen atoms in total. The number of piperidine rings is 1. The minimum atomic E-state index is -0.664. The van der Waals surface area contributed by atoms with Gasteiger partial charge < -0.3 is 5.11 Å². The second-order valence-corrected chi connectivity index (χ2v) is 3.61. The molecule has 1 heterocycles. The van der Waals surface area contributed by atoms with Crippen LogP contribution in [0.25, 0.3) is 0 Å². The van der Waals surface area contributed by atoms with Gasteiger partial charge in [-0.1, -0.05) is 13.8 Å². The third-order valence-electron chi connectivity index (χ3n) is 2.67. The average Bonchev–Trinajstić information content (AvgIpc) is 2.04. The summed E-state index contributed by atoms with van der Waals surface area (Å²) in [7, 11) is 0. The number of likely N-dealkylation sites (tertiary alicyclic amines) is 1. The summed E-state index contributed by atoms with van der Waals surface area (Å²) in [4.78, 5) is 12.9. The predicted molar refractivity (Wildman–Crippen MR) is 47.1 cm³/mol. The van der Waals surface area contributed by atoms with Gasteiger partial charge in [-0.15, -0.1) is 0 Å². The summed E-state index contributed by atoms with van der Waals surface area (Å²) >= 11 is 0. The van der Waals surface area contributed by atoms with Crippen LogP contribution in [0.2, 0.25) is 0 Å². The second-order valence-electron chi connectivity index (χ2n) is 3.61. The van der Waals surface area contributed by atoms with E-state index in [9.17, 15) is 4.79 Å². The fourth-order valence-electron chi connectivity index (χ4n) is 1.83. The number of hydrogen-bond acceptors (Lipinski definition) is 2. The molecule has 12 heavy (non-hydrogen) atoms. The van der Waals surface area contributed by atoms with E-state index in [0.29, 0.717) is 5.92 Å². The van der Waals surface area contributed by atoms with Crippen molar-refractivity contribution in [2.75, 3.05) is 13.1 Å². The minimum absolute atomic E-state index is 0.237. The molecule has 1 saturated heterocycles. The highest BCUT2D eigenvalue weighted by atomic mass is 16.4. The first-order valence-corrected chi connectivity index (χ1v) is 4.62. The molecule has 1 aliphatic heterocycles. The molecular formula is C9H17NO2. The third-order valence-corrected chi connectivity index (χ3v) is 2.67. The molecule has 0 saturated carbocycles. The minimum Gasteiger partial charge on any atom is -0.480 e. The zero-order chi connectivity index (χ0) is 9.14. The van der Waals surface area contributed by atoms with Gasteiger partial charge in [-0.05, 0) is 31.8 Å². The predicted octanol–water partition coefficient (Wildman–Crippen LogP) is 1.19. The van der Waals surface area contributed by atoms with E-state index < -0.39 is 5.97 Å². The van der Waals surface area contributed by atoms with Crippen LogP contribution < -0.4 is 0 Å². The molecular weight excluding hydrogens is 154 g/mol. The standard InChI is InChI=1S/C9H17NO2/c1-3-10-5-4-7(2)6-8(10)9(11)12/h7-8H,3-6H2,1-2H3,(H,11,12). The lowest BCUT2D eigenvalue weighted by Crippen LogP contribution is -2.46. The molecule has 1 N–H and O–H groups in total. The van der Waals surface area contributed by atoms with E-state index in [2.05, 4.69) is 6.92 Å². The number of carbonyl (C=O) groups is 1. The summed E-state index contributed by atoms with van der Waals surface area (Å²) in [5.41, 5.74) is 0. The molecule has 70 valence electrons. The van der Waals surface area contributed by atoms with Gasteiger partial charge in [0.25, 0.3) is 0 Å². The maximum atomic E-state index is 10.8.